The van der Waals surface area contributed by atoms with Gasteiger partial charge in [-0.05, 0) is 83.5 Å². The van der Waals surface area contributed by atoms with Crippen molar-refractivity contribution in [2.24, 2.45) is 0 Å². The molecular formula is C82H130N8O35. The van der Waals surface area contributed by atoms with Crippen LogP contribution in [0, 0.1) is 0 Å². The van der Waals surface area contributed by atoms with E-state index in [9.17, 15) is 91.1 Å². The lowest BCUT2D eigenvalue weighted by molar-refractivity contribution is -0.277. The zero-order chi connectivity index (χ0) is 93.3. The van der Waals surface area contributed by atoms with Crippen LogP contribution in [0.25, 0.3) is 0 Å². The third kappa shape index (κ3) is 45.1. The molecule has 3 heterocycles. The molecule has 3 saturated heterocycles. The summed E-state index contributed by atoms with van der Waals surface area (Å²) in [5, 5.41) is 16.0. The van der Waals surface area contributed by atoms with Gasteiger partial charge in [0.1, 0.15) is 68.1 Å². The Morgan fingerprint density at radius 3 is 1.01 bits per heavy atom. The fraction of sp³-hybridized carbons (Fsp3) is 0.768. The van der Waals surface area contributed by atoms with Crippen LogP contribution in [-0.2, 0) is 167 Å². The van der Waals surface area contributed by atoms with Gasteiger partial charge in [0, 0.05) is 188 Å². The number of hydrogen-bond acceptors (Lipinski definition) is 35. The highest BCUT2D eigenvalue weighted by Gasteiger charge is 2.54. The van der Waals surface area contributed by atoms with Crippen molar-refractivity contribution in [1.82, 2.24) is 41.7 Å². The highest BCUT2D eigenvalue weighted by molar-refractivity contribution is 5.82. The lowest BCUT2D eigenvalue weighted by Gasteiger charge is -2.44. The smallest absolute Gasteiger partial charge is 0.306 e. The van der Waals surface area contributed by atoms with Crippen molar-refractivity contribution in [3.63, 3.8) is 0 Å². The molecule has 0 spiro atoms. The fourth-order valence-corrected chi connectivity index (χ4v) is 13.6. The van der Waals surface area contributed by atoms with Gasteiger partial charge in [0.2, 0.25) is 47.3 Å². The van der Waals surface area contributed by atoms with Crippen molar-refractivity contribution < 1.29 is 167 Å². The molecule has 0 aromatic heterocycles. The number of nitrogens with one attached hydrogen (secondary N) is 6. The zero-order valence-corrected chi connectivity index (χ0v) is 74.3. The van der Waals surface area contributed by atoms with E-state index in [1.165, 1.54) is 27.8 Å². The van der Waals surface area contributed by atoms with Crippen LogP contribution in [0.15, 0.2) is 0 Å². The van der Waals surface area contributed by atoms with Crippen LogP contribution in [0.4, 0.5) is 0 Å². The van der Waals surface area contributed by atoms with Crippen LogP contribution in [0.1, 0.15) is 225 Å². The van der Waals surface area contributed by atoms with Crippen LogP contribution < -0.4 is 31.9 Å². The maximum absolute atomic E-state index is 14.5. The summed E-state index contributed by atoms with van der Waals surface area (Å²) in [4.78, 5) is 243. The maximum atomic E-state index is 14.5. The quantitative estimate of drug-likeness (QED) is 0.0284. The molecule has 0 radical (unpaired) electrons. The summed E-state index contributed by atoms with van der Waals surface area (Å²) in [6, 6.07) is -3.66. The van der Waals surface area contributed by atoms with Crippen LogP contribution in [0.3, 0.4) is 0 Å². The predicted octanol–water partition coefficient (Wildman–Crippen LogP) is 1.33. The molecule has 7 unspecified atom stereocenters. The number of nitrogens with zero attached hydrogens (tertiary/aromatic N) is 2. The third-order valence-electron chi connectivity index (χ3n) is 19.3. The summed E-state index contributed by atoms with van der Waals surface area (Å²) < 4.78 is 90.6. The van der Waals surface area contributed by atoms with Crippen molar-refractivity contribution in [3.8, 4) is 0 Å². The summed E-state index contributed by atoms with van der Waals surface area (Å²) >= 11 is 0. The Balaban J connectivity index is 1.85. The Morgan fingerprint density at radius 1 is 0.336 bits per heavy atom. The topological polar surface area (TPSA) is 551 Å². The average molecular weight is 1790 g/mol. The second kappa shape index (κ2) is 59.7. The Hall–Kier alpha value is -10.1. The minimum Gasteiger partial charge on any atom is -0.463 e. The van der Waals surface area contributed by atoms with E-state index in [1.807, 2.05) is 0 Å². The van der Waals surface area contributed by atoms with E-state index in [4.69, 9.17) is 75.8 Å². The molecule has 43 nitrogen and oxygen atoms in total. The van der Waals surface area contributed by atoms with Gasteiger partial charge in [0.25, 0.3) is 0 Å². The van der Waals surface area contributed by atoms with Crippen molar-refractivity contribution in [1.29, 1.82) is 0 Å². The van der Waals surface area contributed by atoms with E-state index in [0.29, 0.717) is 32.1 Å². The number of carbonyl (C=O) groups is 19. The average Bonchev–Trinajstić information content (AvgIpc) is 0.796. The number of unbranched alkanes of at least 4 members (excludes halogenated alkanes) is 5. The van der Waals surface area contributed by atoms with Crippen LogP contribution in [-0.4, -0.2) is 307 Å². The molecule has 3 aliphatic heterocycles. The minimum absolute atomic E-state index is 0.00188. The molecule has 0 aromatic carbocycles. The number of rotatable bonds is 58. The van der Waals surface area contributed by atoms with Gasteiger partial charge in [-0.3, -0.25) is 91.1 Å². The molecule has 8 amide bonds. The second-order valence-electron chi connectivity index (χ2n) is 30.2. The van der Waals surface area contributed by atoms with Gasteiger partial charge in [0.15, 0.2) is 55.5 Å². The van der Waals surface area contributed by atoms with Crippen molar-refractivity contribution in [2.75, 3.05) is 86.0 Å². The van der Waals surface area contributed by atoms with E-state index in [2.05, 4.69) is 31.9 Å². The molecule has 0 aromatic rings. The van der Waals surface area contributed by atoms with Crippen molar-refractivity contribution >= 4 is 113 Å². The van der Waals surface area contributed by atoms with Crippen LogP contribution in [0.2, 0.25) is 0 Å². The summed E-state index contributed by atoms with van der Waals surface area (Å²) in [6.07, 6.45) is -12.6. The molecule has 0 aliphatic carbocycles. The molecule has 0 bridgehead atoms. The lowest BCUT2D eigenvalue weighted by Crippen LogP contribution is -2.66. The molecule has 0 saturated carbocycles. The van der Waals surface area contributed by atoms with Gasteiger partial charge in [0.05, 0.1) is 13.0 Å². The number of esters is 10. The SMILES string of the molecule is CCC(CNC(=O)CCCCC(=O)N(CCCNC(=O)CCCCO[C@@H]1OC(COC(C)=O)[C@H](OC(C)=O)[C@H](OC(C)=O)C1NC(C)=O)CCCN(CCCCC(=O)CCCCO[C@@H]1OC(COC(C)=O)[C@H](OC(C)=O)[C@H](OC(C)=O)C1NC(C)=O)C(=O)CCCCO[C@@H]1OC(COC(C)=O)[C@H](OC(C)=O)[C@H](OC(C)=O)C1NC(C)=O)OC(=O)CCC(=O)NC. The largest absolute Gasteiger partial charge is 0.463 e. The summed E-state index contributed by atoms with van der Waals surface area (Å²) in [5.41, 5.74) is 0. The van der Waals surface area contributed by atoms with Gasteiger partial charge in [-0.2, -0.15) is 0 Å². The maximum Gasteiger partial charge on any atom is 0.306 e. The van der Waals surface area contributed by atoms with E-state index >= 15 is 0 Å². The Bertz CT molecular complexity index is 3550. The lowest BCUT2D eigenvalue weighted by atomic mass is 9.96. The predicted molar refractivity (Wildman–Crippen MR) is 431 cm³/mol. The zero-order valence-electron chi connectivity index (χ0n) is 74.3. The van der Waals surface area contributed by atoms with Gasteiger partial charge in [-0.15, -0.1) is 0 Å². The molecule has 3 aliphatic rings. The fourth-order valence-electron chi connectivity index (χ4n) is 13.6. The molecule has 16 atom stereocenters. The van der Waals surface area contributed by atoms with Gasteiger partial charge in [-0.25, -0.2) is 0 Å². The van der Waals surface area contributed by atoms with Gasteiger partial charge < -0.3 is 117 Å². The van der Waals surface area contributed by atoms with Crippen molar-refractivity contribution in [2.45, 2.75) is 323 Å². The second-order valence-corrected chi connectivity index (χ2v) is 30.2. The molecule has 3 fully saturated rings. The molecule has 3 rings (SSSR count). The number of Topliss-reactive ketones (excluding diaryl/α,β-unsaturated/α-hetero) is 1. The minimum atomic E-state index is -1.38. The first kappa shape index (κ1) is 109. The first-order valence-corrected chi connectivity index (χ1v) is 42.3. The van der Waals surface area contributed by atoms with Gasteiger partial charge >= 0.3 is 59.7 Å². The summed E-state index contributed by atoms with van der Waals surface area (Å²) in [5.74, 6) is -10.9. The Morgan fingerprint density at radius 2 is 0.656 bits per heavy atom. The van der Waals surface area contributed by atoms with Gasteiger partial charge in [-0.1, -0.05) is 6.92 Å². The number of amides is 8. The summed E-state index contributed by atoms with van der Waals surface area (Å²) in [6.45, 7) is 14.6. The van der Waals surface area contributed by atoms with E-state index in [0.717, 1.165) is 62.3 Å². The van der Waals surface area contributed by atoms with Crippen LogP contribution >= 0.6 is 0 Å². The highest BCUT2D eigenvalue weighted by atomic mass is 16.7. The number of ketones is 1. The van der Waals surface area contributed by atoms with E-state index < -0.39 is 195 Å². The Kier molecular flexibility index (Phi) is 52.1. The van der Waals surface area contributed by atoms with E-state index in [1.54, 1.807) is 16.7 Å². The van der Waals surface area contributed by atoms with Crippen molar-refractivity contribution in [3.05, 3.63) is 0 Å². The molecule has 6 N–H and O–H groups in total. The molecule has 708 valence electrons. The monoisotopic (exact) mass is 1790 g/mol. The standard InChI is InChI=1S/C82H130N8O35/c1-15-61(122-70(109)35-34-65(104)83-14)44-85-67(106)30-16-17-32-68(107)90(38-26-36-84-66(105)31-20-24-42-111-81-72(87-49(3)92)78(120-58(12)101)75(117-55(9)98)63(124-81)46-114-52(6)95)40-27-39-89(69(108)33-21-25-43-112-82-73(88-50(4)93)79(121-59(13)102)76(118-56(10)99)64(125-82)47-115-53(7)96)37-22-18-28-60(103)29-19-23-41-110-80-71(86-48(2)91)77(119-57(11)100)74(116-54(8)97)62(123-80)45-113-51(5)94/h61-64,71-82H,15-47H2,1-14H3,(H,83,104)(H,84,105)(H,85,106)(H,86,91)(H,87,92)(H,88,93)/t61?,62?,63?,64?,71?,72?,73?,74-,75-,76-,77+,78+,79+,80+,81+,82+/m0/s1. The van der Waals surface area contributed by atoms with E-state index in [-0.39, 0.29) is 197 Å². The molecular weight excluding hydrogens is 1660 g/mol. The van der Waals surface area contributed by atoms with Crippen LogP contribution in [0.5, 0.6) is 0 Å². The first-order valence-electron chi connectivity index (χ1n) is 42.3. The molecule has 43 heteroatoms. The highest BCUT2D eigenvalue weighted by Crippen LogP contribution is 2.32. The third-order valence-corrected chi connectivity index (χ3v) is 19.3. The number of carbonyl (C=O) groups excluding carboxylic acids is 19. The first-order chi connectivity index (χ1) is 59.2. The molecule has 125 heavy (non-hydrogen) atoms. The Labute approximate surface area is 727 Å². The number of ether oxygens (including phenoxy) is 16. The normalized spacial score (nSPS) is 22.1. The number of hydrogen-bond donors (Lipinski definition) is 6. The summed E-state index contributed by atoms with van der Waals surface area (Å²) in [7, 11) is 1.44.